The third kappa shape index (κ3) is 13.1. The van der Waals surface area contributed by atoms with Gasteiger partial charge in [-0.2, -0.15) is 0 Å². The molecule has 5 heteroatoms. The Morgan fingerprint density at radius 2 is 1.40 bits per heavy atom. The quantitative estimate of drug-likeness (QED) is 0.190. The molecule has 1 heterocycles. The second kappa shape index (κ2) is 19.2. The summed E-state index contributed by atoms with van der Waals surface area (Å²) in [6.45, 7) is 2.59. The normalized spacial score (nSPS) is 22.9. The van der Waals surface area contributed by atoms with Gasteiger partial charge in [0.2, 0.25) is 0 Å². The Hall–Kier alpha value is -0.460. The predicted octanol–water partition coefficient (Wildman–Crippen LogP) is 4.91. The molecular weight excluding hydrogens is 380 g/mol. The summed E-state index contributed by atoms with van der Waals surface area (Å²) in [7, 11) is 0. The van der Waals surface area contributed by atoms with Crippen LogP contribution in [0, 0.1) is 0 Å². The van der Waals surface area contributed by atoms with Gasteiger partial charge in [0.25, 0.3) is 0 Å². The number of unbranched alkanes of at least 4 members (excludes halogenated alkanes) is 13. The van der Waals surface area contributed by atoms with Crippen LogP contribution in [0.5, 0.6) is 0 Å². The highest BCUT2D eigenvalue weighted by Gasteiger charge is 2.40. The Morgan fingerprint density at radius 1 is 0.867 bits per heavy atom. The molecule has 30 heavy (non-hydrogen) atoms. The van der Waals surface area contributed by atoms with Crippen LogP contribution in [-0.4, -0.2) is 59.6 Å². The van der Waals surface area contributed by atoms with Crippen LogP contribution >= 0.6 is 0 Å². The van der Waals surface area contributed by atoms with E-state index in [1.165, 1.54) is 83.5 Å². The first kappa shape index (κ1) is 27.6. The van der Waals surface area contributed by atoms with Crippen molar-refractivity contribution >= 4 is 0 Å². The van der Waals surface area contributed by atoms with Crippen LogP contribution in [0.1, 0.15) is 103 Å². The summed E-state index contributed by atoms with van der Waals surface area (Å²) in [4.78, 5) is 0. The fourth-order valence-electron chi connectivity index (χ4n) is 4.00. The highest BCUT2D eigenvalue weighted by molar-refractivity contribution is 4.89. The molecule has 4 atom stereocenters. The molecule has 0 aromatic heterocycles. The van der Waals surface area contributed by atoms with E-state index in [-0.39, 0.29) is 13.2 Å². The van der Waals surface area contributed by atoms with Gasteiger partial charge in [-0.25, -0.2) is 0 Å². The number of allylic oxidation sites excluding steroid dienone is 2. The van der Waals surface area contributed by atoms with E-state index in [1.807, 2.05) is 0 Å². The minimum absolute atomic E-state index is 0.154. The molecule has 5 nitrogen and oxygen atoms in total. The minimum Gasteiger partial charge on any atom is -0.394 e. The van der Waals surface area contributed by atoms with E-state index < -0.39 is 24.4 Å². The fraction of sp³-hybridized carbons (Fsp3) is 0.920. The van der Waals surface area contributed by atoms with Gasteiger partial charge in [-0.3, -0.25) is 0 Å². The zero-order valence-corrected chi connectivity index (χ0v) is 19.4. The third-order valence-corrected chi connectivity index (χ3v) is 5.95. The fourth-order valence-corrected chi connectivity index (χ4v) is 4.00. The molecule has 1 aliphatic rings. The maximum absolute atomic E-state index is 9.90. The van der Waals surface area contributed by atoms with Crippen molar-refractivity contribution in [2.75, 3.05) is 19.8 Å². The number of hydrogen-bond acceptors (Lipinski definition) is 5. The molecule has 0 aliphatic carbocycles. The molecule has 178 valence electrons. The minimum atomic E-state index is -1.00. The van der Waals surface area contributed by atoms with Crippen molar-refractivity contribution in [3.05, 3.63) is 12.2 Å². The topological polar surface area (TPSA) is 79.2 Å². The third-order valence-electron chi connectivity index (χ3n) is 5.95. The molecule has 0 saturated carbocycles. The second-order valence-corrected chi connectivity index (χ2v) is 8.74. The summed E-state index contributed by atoms with van der Waals surface area (Å²) in [5, 5.41) is 28.7. The van der Waals surface area contributed by atoms with Gasteiger partial charge in [-0.1, -0.05) is 83.3 Å². The van der Waals surface area contributed by atoms with E-state index in [0.717, 1.165) is 12.8 Å². The SMILES string of the molecule is CCCCCCC/C=C/CCCCCCCCCCO[C@H]1[C@@H]([C@H](O)CO)OC[C@@H]1O. The smallest absolute Gasteiger partial charge is 0.114 e. The van der Waals surface area contributed by atoms with Crippen LogP contribution in [0.25, 0.3) is 0 Å². The van der Waals surface area contributed by atoms with Crippen molar-refractivity contribution in [2.45, 2.75) is 128 Å². The molecule has 0 radical (unpaired) electrons. The summed E-state index contributed by atoms with van der Waals surface area (Å²) in [6.07, 6.45) is 21.0. The first-order valence-electron chi connectivity index (χ1n) is 12.6. The summed E-state index contributed by atoms with van der Waals surface area (Å²) in [6, 6.07) is 0. The molecule has 0 spiro atoms. The Morgan fingerprint density at radius 3 is 1.97 bits per heavy atom. The van der Waals surface area contributed by atoms with Crippen LogP contribution in [0.3, 0.4) is 0 Å². The van der Waals surface area contributed by atoms with Gasteiger partial charge in [-0.05, 0) is 32.1 Å². The highest BCUT2D eigenvalue weighted by atomic mass is 16.6. The molecular formula is C25H48O5. The van der Waals surface area contributed by atoms with Crippen molar-refractivity contribution < 1.29 is 24.8 Å². The van der Waals surface area contributed by atoms with Crippen LogP contribution in [0.4, 0.5) is 0 Å². The van der Waals surface area contributed by atoms with E-state index >= 15 is 0 Å². The van der Waals surface area contributed by atoms with Crippen molar-refractivity contribution in [3.8, 4) is 0 Å². The van der Waals surface area contributed by atoms with Gasteiger partial charge in [0, 0.05) is 6.61 Å². The molecule has 1 rings (SSSR count). The van der Waals surface area contributed by atoms with Gasteiger partial charge in [-0.15, -0.1) is 0 Å². The molecule has 3 N–H and O–H groups in total. The summed E-state index contributed by atoms with van der Waals surface area (Å²) in [5.41, 5.74) is 0. The molecule has 0 unspecified atom stereocenters. The van der Waals surface area contributed by atoms with Crippen molar-refractivity contribution in [2.24, 2.45) is 0 Å². The Kier molecular flexibility index (Phi) is 17.7. The summed E-state index contributed by atoms with van der Waals surface area (Å²) < 4.78 is 11.1. The van der Waals surface area contributed by atoms with Crippen LogP contribution < -0.4 is 0 Å². The number of ether oxygens (including phenoxy) is 2. The number of aliphatic hydroxyl groups is 3. The van der Waals surface area contributed by atoms with Crippen LogP contribution in [0.2, 0.25) is 0 Å². The Balaban J connectivity index is 1.84. The van der Waals surface area contributed by atoms with Gasteiger partial charge >= 0.3 is 0 Å². The molecule has 1 fully saturated rings. The average Bonchev–Trinajstić information content (AvgIpc) is 3.12. The Bertz CT molecular complexity index is 401. The molecule has 0 bridgehead atoms. The molecule has 1 saturated heterocycles. The first-order chi connectivity index (χ1) is 14.7. The number of aliphatic hydroxyl groups excluding tert-OH is 3. The molecule has 0 aromatic rings. The lowest BCUT2D eigenvalue weighted by Crippen LogP contribution is -2.42. The zero-order chi connectivity index (χ0) is 21.9. The van der Waals surface area contributed by atoms with E-state index in [1.54, 1.807) is 0 Å². The van der Waals surface area contributed by atoms with Crippen LogP contribution in [-0.2, 0) is 9.47 Å². The number of hydrogen-bond donors (Lipinski definition) is 3. The van der Waals surface area contributed by atoms with E-state index in [4.69, 9.17) is 14.6 Å². The average molecular weight is 429 g/mol. The van der Waals surface area contributed by atoms with Crippen molar-refractivity contribution in [1.29, 1.82) is 0 Å². The van der Waals surface area contributed by atoms with Gasteiger partial charge in [0.1, 0.15) is 24.4 Å². The lowest BCUT2D eigenvalue weighted by Gasteiger charge is -2.23. The zero-order valence-electron chi connectivity index (χ0n) is 19.4. The molecule has 0 aromatic carbocycles. The highest BCUT2D eigenvalue weighted by Crippen LogP contribution is 2.21. The molecule has 0 amide bonds. The largest absolute Gasteiger partial charge is 0.394 e. The Labute approximate surface area is 184 Å². The monoisotopic (exact) mass is 428 g/mol. The summed E-state index contributed by atoms with van der Waals surface area (Å²) in [5.74, 6) is 0. The lowest BCUT2D eigenvalue weighted by molar-refractivity contribution is -0.0938. The molecule has 1 aliphatic heterocycles. The maximum Gasteiger partial charge on any atom is 0.114 e. The number of rotatable bonds is 20. The van der Waals surface area contributed by atoms with E-state index in [9.17, 15) is 10.2 Å². The summed E-state index contributed by atoms with van der Waals surface area (Å²) >= 11 is 0. The van der Waals surface area contributed by atoms with Crippen molar-refractivity contribution in [1.82, 2.24) is 0 Å². The first-order valence-corrected chi connectivity index (χ1v) is 12.6. The van der Waals surface area contributed by atoms with E-state index in [2.05, 4.69) is 19.1 Å². The van der Waals surface area contributed by atoms with Crippen molar-refractivity contribution in [3.63, 3.8) is 0 Å². The standard InChI is InChI=1S/C25H48O5/c1-2-3-4-5-6-7-8-9-10-11-12-13-14-15-16-17-18-19-29-25-23(28)21-30-24(25)22(27)20-26/h8-9,22-28H,2-7,10-21H2,1H3/b9-8+/t22-,23+,24-,25-/m1/s1. The van der Waals surface area contributed by atoms with Crippen LogP contribution in [0.15, 0.2) is 12.2 Å². The van der Waals surface area contributed by atoms with Gasteiger partial charge < -0.3 is 24.8 Å². The second-order valence-electron chi connectivity index (χ2n) is 8.74. The van der Waals surface area contributed by atoms with Gasteiger partial charge in [0.05, 0.1) is 13.2 Å². The van der Waals surface area contributed by atoms with Gasteiger partial charge in [0.15, 0.2) is 0 Å². The lowest BCUT2D eigenvalue weighted by atomic mass is 10.1. The predicted molar refractivity (Wildman–Crippen MR) is 123 cm³/mol. The van der Waals surface area contributed by atoms with E-state index in [0.29, 0.717) is 6.61 Å². The maximum atomic E-state index is 9.90.